The van der Waals surface area contributed by atoms with Gasteiger partial charge in [0.1, 0.15) is 5.82 Å². The lowest BCUT2D eigenvalue weighted by molar-refractivity contribution is 0.202. The smallest absolute Gasteiger partial charge is 0.144 e. The van der Waals surface area contributed by atoms with Gasteiger partial charge < -0.3 is 5.32 Å². The molecule has 2 rings (SSSR count). The van der Waals surface area contributed by atoms with Crippen LogP contribution in [-0.4, -0.2) is 34.0 Å². The normalized spacial score (nSPS) is 21.6. The van der Waals surface area contributed by atoms with Crippen LogP contribution in [0.25, 0.3) is 0 Å². The Bertz CT molecular complexity index is 349. The molecule has 4 heteroatoms. The van der Waals surface area contributed by atoms with E-state index in [2.05, 4.69) is 34.0 Å². The van der Waals surface area contributed by atoms with Gasteiger partial charge in [-0.2, -0.15) is 0 Å². The summed E-state index contributed by atoms with van der Waals surface area (Å²) in [5.74, 6) is 0.866. The Hall–Kier alpha value is -1.16. The Kier molecular flexibility index (Phi) is 4.93. The first-order chi connectivity index (χ1) is 8.79. The quantitative estimate of drug-likeness (QED) is 0.889. The van der Waals surface area contributed by atoms with Gasteiger partial charge in [-0.25, -0.2) is 4.98 Å². The van der Waals surface area contributed by atoms with Crippen LogP contribution in [0.1, 0.15) is 45.2 Å². The van der Waals surface area contributed by atoms with Crippen LogP contribution in [0.5, 0.6) is 0 Å². The van der Waals surface area contributed by atoms with Crippen molar-refractivity contribution in [2.24, 2.45) is 0 Å². The highest BCUT2D eigenvalue weighted by atomic mass is 15.2. The average molecular weight is 248 g/mol. The number of hydrogen-bond acceptors (Lipinski definition) is 4. The van der Waals surface area contributed by atoms with E-state index in [9.17, 15) is 0 Å². The van der Waals surface area contributed by atoms with Gasteiger partial charge in [-0.05, 0) is 33.2 Å². The number of hydrogen-bond donors (Lipinski definition) is 1. The van der Waals surface area contributed by atoms with Crippen molar-refractivity contribution in [2.45, 2.75) is 52.1 Å². The molecule has 1 aromatic heterocycles. The number of likely N-dealkylation sites (tertiary alicyclic amines) is 1. The third-order valence-electron chi connectivity index (χ3n) is 3.62. The van der Waals surface area contributed by atoms with Crippen molar-refractivity contribution in [3.05, 3.63) is 18.1 Å². The Morgan fingerprint density at radius 3 is 2.89 bits per heavy atom. The predicted molar refractivity (Wildman–Crippen MR) is 74.5 cm³/mol. The van der Waals surface area contributed by atoms with Crippen LogP contribution in [0.3, 0.4) is 0 Å². The second-order valence-corrected chi connectivity index (χ2v) is 5.09. The summed E-state index contributed by atoms with van der Waals surface area (Å²) in [6.07, 6.45) is 9.08. The molecule has 0 aliphatic carbocycles. The van der Waals surface area contributed by atoms with Crippen molar-refractivity contribution in [2.75, 3.05) is 18.4 Å². The lowest BCUT2D eigenvalue weighted by atomic mass is 10.1. The van der Waals surface area contributed by atoms with Crippen molar-refractivity contribution < 1.29 is 0 Å². The van der Waals surface area contributed by atoms with E-state index in [1.807, 2.05) is 12.4 Å². The summed E-state index contributed by atoms with van der Waals surface area (Å²) in [4.78, 5) is 11.4. The van der Waals surface area contributed by atoms with Crippen LogP contribution < -0.4 is 5.32 Å². The van der Waals surface area contributed by atoms with Gasteiger partial charge in [-0.3, -0.25) is 9.88 Å². The first-order valence-electron chi connectivity index (χ1n) is 7.08. The molecule has 0 amide bonds. The van der Waals surface area contributed by atoms with E-state index >= 15 is 0 Å². The zero-order chi connectivity index (χ0) is 12.8. The van der Waals surface area contributed by atoms with Gasteiger partial charge in [0, 0.05) is 19.1 Å². The molecular formula is C14H24N4. The second-order valence-electron chi connectivity index (χ2n) is 5.09. The summed E-state index contributed by atoms with van der Waals surface area (Å²) >= 11 is 0. The fraction of sp³-hybridized carbons (Fsp3) is 0.714. The van der Waals surface area contributed by atoms with Crippen molar-refractivity contribution in [3.63, 3.8) is 0 Å². The summed E-state index contributed by atoms with van der Waals surface area (Å²) in [5.41, 5.74) is 1.07. The molecule has 1 aliphatic rings. The molecule has 2 heterocycles. The van der Waals surface area contributed by atoms with Crippen LogP contribution in [0.15, 0.2) is 12.4 Å². The lowest BCUT2D eigenvalue weighted by Crippen LogP contribution is -2.32. The monoisotopic (exact) mass is 248 g/mol. The molecule has 1 saturated heterocycles. The number of aromatic nitrogens is 2. The second kappa shape index (κ2) is 6.69. The van der Waals surface area contributed by atoms with Gasteiger partial charge in [-0.1, -0.05) is 12.8 Å². The molecule has 1 unspecified atom stereocenters. The summed E-state index contributed by atoms with van der Waals surface area (Å²) in [6.45, 7) is 7.40. The molecule has 1 atom stereocenters. The molecule has 1 fully saturated rings. The number of nitrogens with zero attached hydrogens (tertiary/aromatic N) is 3. The molecule has 1 N–H and O–H groups in total. The Balaban J connectivity index is 1.94. The van der Waals surface area contributed by atoms with Crippen molar-refractivity contribution >= 4 is 5.82 Å². The summed E-state index contributed by atoms with van der Waals surface area (Å²) in [6, 6.07) is 0.669. The molecule has 100 valence electrons. The number of anilines is 1. The first-order valence-corrected chi connectivity index (χ1v) is 7.08. The maximum Gasteiger partial charge on any atom is 0.144 e. The highest BCUT2D eigenvalue weighted by Gasteiger charge is 2.17. The highest BCUT2D eigenvalue weighted by molar-refractivity contribution is 5.30. The molecule has 0 radical (unpaired) electrons. The zero-order valence-corrected chi connectivity index (χ0v) is 11.5. The zero-order valence-electron chi connectivity index (χ0n) is 11.5. The molecule has 0 aromatic carbocycles. The number of rotatable bonds is 4. The molecule has 4 nitrogen and oxygen atoms in total. The first kappa shape index (κ1) is 13.3. The third-order valence-corrected chi connectivity index (χ3v) is 3.62. The fourth-order valence-electron chi connectivity index (χ4n) is 2.49. The summed E-state index contributed by atoms with van der Waals surface area (Å²) < 4.78 is 0. The molecule has 1 aliphatic heterocycles. The van der Waals surface area contributed by atoms with Gasteiger partial charge in [0.2, 0.25) is 0 Å². The van der Waals surface area contributed by atoms with E-state index in [0.717, 1.165) is 24.6 Å². The molecular weight excluding hydrogens is 224 g/mol. The lowest BCUT2D eigenvalue weighted by Gasteiger charge is -2.26. The summed E-state index contributed by atoms with van der Waals surface area (Å²) in [5, 5.41) is 3.17. The van der Waals surface area contributed by atoms with E-state index in [0.29, 0.717) is 6.04 Å². The van der Waals surface area contributed by atoms with Gasteiger partial charge in [0.25, 0.3) is 0 Å². The Labute approximate surface area is 110 Å². The van der Waals surface area contributed by atoms with Crippen molar-refractivity contribution in [1.82, 2.24) is 14.9 Å². The van der Waals surface area contributed by atoms with Crippen LogP contribution in [-0.2, 0) is 6.54 Å². The average Bonchev–Trinajstić information content (AvgIpc) is 2.58. The topological polar surface area (TPSA) is 41.1 Å². The SMILES string of the molecule is CCNc1cnc(CN2CCCCCC2C)cn1. The Morgan fingerprint density at radius 2 is 2.17 bits per heavy atom. The van der Waals surface area contributed by atoms with E-state index in [4.69, 9.17) is 0 Å². The molecule has 0 bridgehead atoms. The fourth-order valence-corrected chi connectivity index (χ4v) is 2.49. The molecule has 0 saturated carbocycles. The standard InChI is InChI=1S/C14H24N4/c1-3-15-14-10-16-13(9-17-14)11-18-8-6-4-5-7-12(18)2/h9-10,12H,3-8,11H2,1-2H3,(H,15,17). The number of nitrogens with one attached hydrogen (secondary N) is 1. The van der Waals surface area contributed by atoms with Crippen molar-refractivity contribution in [3.8, 4) is 0 Å². The van der Waals surface area contributed by atoms with Crippen LogP contribution in [0.4, 0.5) is 5.82 Å². The van der Waals surface area contributed by atoms with E-state index in [1.54, 1.807) is 0 Å². The van der Waals surface area contributed by atoms with Crippen LogP contribution in [0, 0.1) is 0 Å². The van der Waals surface area contributed by atoms with Crippen LogP contribution >= 0.6 is 0 Å². The Morgan fingerprint density at radius 1 is 1.28 bits per heavy atom. The van der Waals surface area contributed by atoms with E-state index in [1.165, 1.54) is 32.2 Å². The maximum atomic E-state index is 4.49. The van der Waals surface area contributed by atoms with Crippen molar-refractivity contribution in [1.29, 1.82) is 0 Å². The minimum atomic E-state index is 0.669. The third kappa shape index (κ3) is 3.67. The predicted octanol–water partition coefficient (Wildman–Crippen LogP) is 2.67. The van der Waals surface area contributed by atoms with Gasteiger partial charge >= 0.3 is 0 Å². The minimum absolute atomic E-state index is 0.669. The summed E-state index contributed by atoms with van der Waals surface area (Å²) in [7, 11) is 0. The van der Waals surface area contributed by atoms with E-state index in [-0.39, 0.29) is 0 Å². The highest BCUT2D eigenvalue weighted by Crippen LogP contribution is 2.18. The largest absolute Gasteiger partial charge is 0.369 e. The molecule has 1 aromatic rings. The van der Waals surface area contributed by atoms with Gasteiger partial charge in [0.05, 0.1) is 18.1 Å². The maximum absolute atomic E-state index is 4.49. The molecule has 0 spiro atoms. The minimum Gasteiger partial charge on any atom is -0.369 e. The van der Waals surface area contributed by atoms with Gasteiger partial charge in [0.15, 0.2) is 0 Å². The van der Waals surface area contributed by atoms with E-state index < -0.39 is 0 Å². The van der Waals surface area contributed by atoms with Crippen LogP contribution in [0.2, 0.25) is 0 Å². The molecule has 18 heavy (non-hydrogen) atoms. The van der Waals surface area contributed by atoms with Gasteiger partial charge in [-0.15, -0.1) is 0 Å².